The molecule has 0 saturated carbocycles. The van der Waals surface area contributed by atoms with Crippen LogP contribution in [0.5, 0.6) is 0 Å². The summed E-state index contributed by atoms with van der Waals surface area (Å²) in [6.07, 6.45) is 1.40. The van der Waals surface area contributed by atoms with Crippen molar-refractivity contribution < 1.29 is 14.7 Å². The fourth-order valence-electron chi connectivity index (χ4n) is 2.54. The van der Waals surface area contributed by atoms with E-state index in [1.165, 1.54) is 17.7 Å². The maximum atomic E-state index is 12.4. The van der Waals surface area contributed by atoms with Crippen molar-refractivity contribution in [3.05, 3.63) is 27.1 Å². The Bertz CT molecular complexity index is 788. The summed E-state index contributed by atoms with van der Waals surface area (Å²) in [4.78, 5) is 44.0. The molecule has 110 valence electrons. The number of aromatic amines is 1. The van der Waals surface area contributed by atoms with E-state index >= 15 is 0 Å². The molecule has 0 aromatic carbocycles. The van der Waals surface area contributed by atoms with Crippen LogP contribution in [-0.2, 0) is 4.79 Å². The van der Waals surface area contributed by atoms with Gasteiger partial charge in [0.25, 0.3) is 11.5 Å². The van der Waals surface area contributed by atoms with Gasteiger partial charge in [-0.2, -0.15) is 0 Å². The van der Waals surface area contributed by atoms with Gasteiger partial charge in [-0.15, -0.1) is 11.3 Å². The lowest BCUT2D eigenvalue weighted by Gasteiger charge is -2.38. The molecule has 2 aromatic rings. The Morgan fingerprint density at radius 3 is 2.86 bits per heavy atom. The molecule has 1 amide bonds. The Hall–Kier alpha value is -2.22. The molecule has 3 heterocycles. The highest BCUT2D eigenvalue weighted by molar-refractivity contribution is 7.20. The lowest BCUT2D eigenvalue weighted by Crippen LogP contribution is -2.50. The summed E-state index contributed by atoms with van der Waals surface area (Å²) < 4.78 is 0. The van der Waals surface area contributed by atoms with Gasteiger partial charge in [-0.3, -0.25) is 14.4 Å². The predicted molar refractivity (Wildman–Crippen MR) is 76.6 cm³/mol. The summed E-state index contributed by atoms with van der Waals surface area (Å²) >= 11 is 1.20. The van der Waals surface area contributed by atoms with Crippen molar-refractivity contribution in [1.82, 2.24) is 14.9 Å². The number of hydrogen-bond acceptors (Lipinski definition) is 5. The van der Waals surface area contributed by atoms with Crippen LogP contribution in [0.1, 0.15) is 21.7 Å². The standard InChI is InChI=1S/C13H13N3O4S/c1-6-9-11(19)14-5-15-12(9)21-10(6)13(20)16-3-7(4-16)2-8(17)18/h5,7H,2-4H2,1H3,(H,17,18)(H,14,15,19). The first-order valence-corrected chi connectivity index (χ1v) is 7.27. The number of aryl methyl sites for hydroxylation is 1. The van der Waals surface area contributed by atoms with Crippen molar-refractivity contribution >= 4 is 33.4 Å². The molecule has 1 fully saturated rings. The molecule has 2 N–H and O–H groups in total. The summed E-state index contributed by atoms with van der Waals surface area (Å²) in [5.41, 5.74) is 0.385. The van der Waals surface area contributed by atoms with E-state index in [0.717, 1.165) is 0 Å². The number of carboxylic acids is 1. The first-order chi connectivity index (χ1) is 9.97. The van der Waals surface area contributed by atoms with E-state index in [2.05, 4.69) is 9.97 Å². The van der Waals surface area contributed by atoms with Gasteiger partial charge in [-0.25, -0.2) is 4.98 Å². The Labute approximate surface area is 123 Å². The number of hydrogen-bond donors (Lipinski definition) is 2. The van der Waals surface area contributed by atoms with E-state index in [4.69, 9.17) is 5.11 Å². The second-order valence-electron chi connectivity index (χ2n) is 5.14. The lowest BCUT2D eigenvalue weighted by atomic mass is 9.96. The van der Waals surface area contributed by atoms with E-state index in [-0.39, 0.29) is 23.8 Å². The summed E-state index contributed by atoms with van der Waals surface area (Å²) in [6.45, 7) is 2.63. The van der Waals surface area contributed by atoms with Gasteiger partial charge in [-0.05, 0) is 12.5 Å². The number of H-pyrrole nitrogens is 1. The van der Waals surface area contributed by atoms with E-state index < -0.39 is 5.97 Å². The van der Waals surface area contributed by atoms with Gasteiger partial charge >= 0.3 is 5.97 Å². The summed E-state index contributed by atoms with van der Waals surface area (Å²) in [7, 11) is 0. The van der Waals surface area contributed by atoms with Crippen molar-refractivity contribution in [2.24, 2.45) is 5.92 Å². The highest BCUT2D eigenvalue weighted by Gasteiger charge is 2.34. The number of thiophene rings is 1. The van der Waals surface area contributed by atoms with Gasteiger partial charge in [0.05, 0.1) is 23.0 Å². The maximum absolute atomic E-state index is 12.4. The minimum absolute atomic E-state index is 0.0164. The number of nitrogens with one attached hydrogen (secondary N) is 1. The molecule has 0 radical (unpaired) electrons. The molecule has 3 rings (SSSR count). The Kier molecular flexibility index (Phi) is 3.25. The average molecular weight is 307 g/mol. The molecule has 0 aliphatic carbocycles. The molecule has 8 heteroatoms. The minimum Gasteiger partial charge on any atom is -0.481 e. The van der Waals surface area contributed by atoms with Crippen LogP contribution in [0.3, 0.4) is 0 Å². The maximum Gasteiger partial charge on any atom is 0.303 e. The number of aromatic nitrogens is 2. The van der Waals surface area contributed by atoms with Crippen molar-refractivity contribution in [3.63, 3.8) is 0 Å². The Balaban J connectivity index is 1.84. The van der Waals surface area contributed by atoms with Crippen LogP contribution in [0.2, 0.25) is 0 Å². The van der Waals surface area contributed by atoms with E-state index in [1.54, 1.807) is 11.8 Å². The molecular formula is C13H13N3O4S. The topological polar surface area (TPSA) is 103 Å². The number of rotatable bonds is 3. The van der Waals surface area contributed by atoms with Crippen LogP contribution in [0.4, 0.5) is 0 Å². The first-order valence-electron chi connectivity index (χ1n) is 6.45. The van der Waals surface area contributed by atoms with Crippen LogP contribution >= 0.6 is 11.3 Å². The van der Waals surface area contributed by atoms with Crippen LogP contribution in [0, 0.1) is 12.8 Å². The zero-order valence-corrected chi connectivity index (χ0v) is 12.1. The van der Waals surface area contributed by atoms with Crippen molar-refractivity contribution in [3.8, 4) is 0 Å². The van der Waals surface area contributed by atoms with E-state index in [9.17, 15) is 14.4 Å². The molecule has 21 heavy (non-hydrogen) atoms. The number of carboxylic acid groups (broad SMARTS) is 1. The third kappa shape index (κ3) is 2.31. The summed E-state index contributed by atoms with van der Waals surface area (Å²) in [5.74, 6) is -0.986. The second kappa shape index (κ2) is 4.96. The number of likely N-dealkylation sites (tertiary alicyclic amines) is 1. The monoisotopic (exact) mass is 307 g/mol. The number of aliphatic carboxylic acids is 1. The largest absolute Gasteiger partial charge is 0.481 e. The molecule has 0 bridgehead atoms. The molecule has 1 saturated heterocycles. The van der Waals surface area contributed by atoms with Crippen molar-refractivity contribution in [2.75, 3.05) is 13.1 Å². The average Bonchev–Trinajstić information content (AvgIpc) is 2.71. The molecule has 2 aromatic heterocycles. The van der Waals surface area contributed by atoms with Gasteiger partial charge in [0.15, 0.2) is 0 Å². The third-order valence-electron chi connectivity index (χ3n) is 3.63. The first kappa shape index (κ1) is 13.7. The molecule has 0 atom stereocenters. The van der Waals surface area contributed by atoms with Crippen molar-refractivity contribution in [1.29, 1.82) is 0 Å². The lowest BCUT2D eigenvalue weighted by molar-refractivity contribution is -0.139. The van der Waals surface area contributed by atoms with Crippen LogP contribution < -0.4 is 5.56 Å². The third-order valence-corrected chi connectivity index (χ3v) is 4.82. The van der Waals surface area contributed by atoms with Crippen molar-refractivity contribution in [2.45, 2.75) is 13.3 Å². The molecular weight excluding hydrogens is 294 g/mol. The fraction of sp³-hybridized carbons (Fsp3) is 0.385. The van der Waals surface area contributed by atoms with Crippen LogP contribution in [-0.4, -0.2) is 44.9 Å². The van der Waals surface area contributed by atoms with Gasteiger partial charge in [-0.1, -0.05) is 0 Å². The van der Waals surface area contributed by atoms with Gasteiger partial charge in [0, 0.05) is 19.0 Å². The molecule has 7 nitrogen and oxygen atoms in total. The minimum atomic E-state index is -0.846. The quantitative estimate of drug-likeness (QED) is 0.874. The highest BCUT2D eigenvalue weighted by atomic mass is 32.1. The van der Waals surface area contributed by atoms with Gasteiger partial charge in [0.2, 0.25) is 0 Å². The summed E-state index contributed by atoms with van der Waals surface area (Å²) in [5, 5.41) is 9.17. The number of fused-ring (bicyclic) bond motifs is 1. The predicted octanol–water partition coefficient (Wildman–Crippen LogP) is 0.840. The Morgan fingerprint density at radius 2 is 2.24 bits per heavy atom. The number of amides is 1. The molecule has 0 unspecified atom stereocenters. The van der Waals surface area contributed by atoms with Crippen LogP contribution in [0.25, 0.3) is 10.2 Å². The fourth-order valence-corrected chi connectivity index (χ4v) is 3.66. The van der Waals surface area contributed by atoms with Gasteiger partial charge < -0.3 is 15.0 Å². The Morgan fingerprint density at radius 1 is 1.52 bits per heavy atom. The van der Waals surface area contributed by atoms with E-state index in [0.29, 0.717) is 33.7 Å². The zero-order valence-electron chi connectivity index (χ0n) is 11.3. The summed E-state index contributed by atoms with van der Waals surface area (Å²) in [6, 6.07) is 0. The molecule has 1 aliphatic rings. The molecule has 1 aliphatic heterocycles. The van der Waals surface area contributed by atoms with Crippen LogP contribution in [0.15, 0.2) is 11.1 Å². The highest BCUT2D eigenvalue weighted by Crippen LogP contribution is 2.30. The smallest absolute Gasteiger partial charge is 0.303 e. The molecule has 0 spiro atoms. The normalized spacial score (nSPS) is 15.2. The zero-order chi connectivity index (χ0) is 15.1. The van der Waals surface area contributed by atoms with E-state index in [1.807, 2.05) is 0 Å². The number of carbonyl (C=O) groups is 2. The van der Waals surface area contributed by atoms with Gasteiger partial charge in [0.1, 0.15) is 4.83 Å². The SMILES string of the molecule is Cc1c(C(=O)N2CC(CC(=O)O)C2)sc2nc[nH]c(=O)c12. The number of carbonyl (C=O) groups excluding carboxylic acids is 1. The number of nitrogens with zero attached hydrogens (tertiary/aromatic N) is 2. The second-order valence-corrected chi connectivity index (χ2v) is 6.14.